The molecule has 0 aromatic carbocycles. The van der Waals surface area contributed by atoms with Gasteiger partial charge in [-0.05, 0) is 19.8 Å². The van der Waals surface area contributed by atoms with Crippen LogP contribution in [0.1, 0.15) is 67.9 Å². The van der Waals surface area contributed by atoms with Crippen LogP contribution in [-0.4, -0.2) is 27.5 Å². The molecule has 0 saturated heterocycles. The van der Waals surface area contributed by atoms with E-state index in [-0.39, 0.29) is 0 Å². The van der Waals surface area contributed by atoms with E-state index in [1.54, 1.807) is 18.7 Å². The predicted octanol–water partition coefficient (Wildman–Crippen LogP) is 2.38. The molecule has 19 heavy (non-hydrogen) atoms. The summed E-state index contributed by atoms with van der Waals surface area (Å²) in [5, 5.41) is 14.5. The molecule has 1 rings (SSSR count). The number of carbonyl (C=O) groups excluding carboxylic acids is 1. The van der Waals surface area contributed by atoms with E-state index in [1.807, 2.05) is 13.8 Å². The van der Waals surface area contributed by atoms with Gasteiger partial charge in [-0.2, -0.15) is 5.10 Å². The van der Waals surface area contributed by atoms with Crippen LogP contribution >= 0.6 is 0 Å². The van der Waals surface area contributed by atoms with Crippen molar-refractivity contribution >= 4 is 5.97 Å². The number of aryl methyl sites for hydroxylation is 1. The minimum absolute atomic E-state index is 0.327. The fourth-order valence-corrected chi connectivity index (χ4v) is 2.27. The van der Waals surface area contributed by atoms with Gasteiger partial charge in [0.2, 0.25) is 0 Å². The van der Waals surface area contributed by atoms with Crippen LogP contribution in [0.15, 0.2) is 0 Å². The molecule has 0 fully saturated rings. The number of rotatable bonds is 7. The zero-order valence-electron chi connectivity index (χ0n) is 12.3. The maximum Gasteiger partial charge on any atom is 0.359 e. The number of esters is 1. The molecule has 1 aromatic rings. The monoisotopic (exact) mass is 268 g/mol. The van der Waals surface area contributed by atoms with Crippen molar-refractivity contribution in [3.8, 4) is 0 Å². The van der Waals surface area contributed by atoms with Crippen LogP contribution in [-0.2, 0) is 18.2 Å². The zero-order valence-corrected chi connectivity index (χ0v) is 12.3. The second-order valence-corrected chi connectivity index (χ2v) is 4.61. The number of nitrogens with zero attached hydrogens (tertiary/aromatic N) is 2. The van der Waals surface area contributed by atoms with E-state index in [2.05, 4.69) is 5.10 Å². The maximum atomic E-state index is 11.9. The van der Waals surface area contributed by atoms with E-state index < -0.39 is 12.1 Å². The molecule has 1 unspecified atom stereocenters. The molecule has 0 aliphatic rings. The molecule has 0 saturated carbocycles. The second-order valence-electron chi connectivity index (χ2n) is 4.61. The van der Waals surface area contributed by atoms with Gasteiger partial charge in [-0.3, -0.25) is 4.68 Å². The predicted molar refractivity (Wildman–Crippen MR) is 73.0 cm³/mol. The van der Waals surface area contributed by atoms with E-state index in [9.17, 15) is 9.90 Å². The lowest BCUT2D eigenvalue weighted by Crippen LogP contribution is -2.09. The van der Waals surface area contributed by atoms with Gasteiger partial charge in [-0.25, -0.2) is 4.79 Å². The number of hydrogen-bond donors (Lipinski definition) is 1. The topological polar surface area (TPSA) is 64.3 Å². The van der Waals surface area contributed by atoms with E-state index in [4.69, 9.17) is 4.74 Å². The Hall–Kier alpha value is -1.36. The Balaban J connectivity index is 3.19. The summed E-state index contributed by atoms with van der Waals surface area (Å²) in [6.07, 6.45) is 2.58. The SMILES string of the molecule is CCCc1c(C(=O)OCC)nn(C)c1C(O)CCC. The summed E-state index contributed by atoms with van der Waals surface area (Å²) in [5.41, 5.74) is 1.91. The first kappa shape index (κ1) is 15.7. The molecule has 1 N–H and O–H groups in total. The highest BCUT2D eigenvalue weighted by atomic mass is 16.5. The highest BCUT2D eigenvalue weighted by Gasteiger charge is 2.25. The molecule has 1 atom stereocenters. The molecular formula is C14H24N2O3. The third-order valence-electron chi connectivity index (χ3n) is 3.04. The standard InChI is InChI=1S/C14H24N2O3/c1-5-8-10-12(14(18)19-7-3)15-16(4)13(10)11(17)9-6-2/h11,17H,5-9H2,1-4H3. The summed E-state index contributed by atoms with van der Waals surface area (Å²) in [6.45, 7) is 6.16. The van der Waals surface area contributed by atoms with Gasteiger partial charge in [-0.15, -0.1) is 0 Å². The van der Waals surface area contributed by atoms with E-state index >= 15 is 0 Å². The van der Waals surface area contributed by atoms with Crippen LogP contribution in [0.4, 0.5) is 0 Å². The Morgan fingerprint density at radius 1 is 1.37 bits per heavy atom. The minimum atomic E-state index is -0.577. The molecular weight excluding hydrogens is 244 g/mol. The van der Waals surface area contributed by atoms with Crippen molar-refractivity contribution in [2.75, 3.05) is 6.61 Å². The van der Waals surface area contributed by atoms with Crippen LogP contribution in [0.2, 0.25) is 0 Å². The number of carbonyl (C=O) groups is 1. The molecule has 1 aromatic heterocycles. The molecule has 5 heteroatoms. The Labute approximate surface area is 114 Å². The van der Waals surface area contributed by atoms with Gasteiger partial charge < -0.3 is 9.84 Å². The first-order valence-corrected chi connectivity index (χ1v) is 6.97. The van der Waals surface area contributed by atoms with Crippen LogP contribution in [0.5, 0.6) is 0 Å². The zero-order chi connectivity index (χ0) is 14.4. The fraction of sp³-hybridized carbons (Fsp3) is 0.714. The molecule has 1 heterocycles. The van der Waals surface area contributed by atoms with Crippen molar-refractivity contribution < 1.29 is 14.6 Å². The molecule has 0 amide bonds. The Morgan fingerprint density at radius 2 is 2.05 bits per heavy atom. The van der Waals surface area contributed by atoms with Crippen LogP contribution in [0, 0.1) is 0 Å². The number of hydrogen-bond acceptors (Lipinski definition) is 4. The molecule has 0 aliphatic carbocycles. The van der Waals surface area contributed by atoms with Crippen LogP contribution in [0.25, 0.3) is 0 Å². The maximum absolute atomic E-state index is 11.9. The van der Waals surface area contributed by atoms with Gasteiger partial charge in [0, 0.05) is 12.6 Å². The highest BCUT2D eigenvalue weighted by molar-refractivity contribution is 5.89. The number of aromatic nitrogens is 2. The lowest BCUT2D eigenvalue weighted by molar-refractivity contribution is 0.0517. The number of aliphatic hydroxyl groups is 1. The van der Waals surface area contributed by atoms with Crippen molar-refractivity contribution in [3.63, 3.8) is 0 Å². The molecule has 0 spiro atoms. The summed E-state index contributed by atoms with van der Waals surface area (Å²) in [7, 11) is 1.76. The van der Waals surface area contributed by atoms with E-state index in [0.29, 0.717) is 18.7 Å². The van der Waals surface area contributed by atoms with Gasteiger partial charge in [0.05, 0.1) is 18.4 Å². The van der Waals surface area contributed by atoms with Gasteiger partial charge in [0.15, 0.2) is 5.69 Å². The Kier molecular flexibility index (Phi) is 6.02. The number of ether oxygens (including phenoxy) is 1. The quantitative estimate of drug-likeness (QED) is 0.771. The summed E-state index contributed by atoms with van der Waals surface area (Å²) in [4.78, 5) is 11.9. The largest absolute Gasteiger partial charge is 0.461 e. The van der Waals surface area contributed by atoms with Crippen molar-refractivity contribution in [2.24, 2.45) is 7.05 Å². The normalized spacial score (nSPS) is 12.5. The van der Waals surface area contributed by atoms with Crippen molar-refractivity contribution in [2.45, 2.75) is 52.6 Å². The summed E-state index contributed by atoms with van der Waals surface area (Å²) < 4.78 is 6.64. The Morgan fingerprint density at radius 3 is 2.58 bits per heavy atom. The summed E-state index contributed by atoms with van der Waals surface area (Å²) in [6, 6.07) is 0. The first-order chi connectivity index (χ1) is 9.06. The van der Waals surface area contributed by atoms with Gasteiger partial charge in [0.25, 0.3) is 0 Å². The molecule has 0 bridgehead atoms. The third-order valence-corrected chi connectivity index (χ3v) is 3.04. The van der Waals surface area contributed by atoms with E-state index in [1.165, 1.54) is 0 Å². The molecule has 5 nitrogen and oxygen atoms in total. The average Bonchev–Trinajstić information content (AvgIpc) is 2.67. The second kappa shape index (κ2) is 7.28. The van der Waals surface area contributed by atoms with Crippen LogP contribution in [0.3, 0.4) is 0 Å². The molecule has 0 radical (unpaired) electrons. The molecule has 108 valence electrons. The average molecular weight is 268 g/mol. The number of aliphatic hydroxyl groups excluding tert-OH is 1. The lowest BCUT2D eigenvalue weighted by atomic mass is 10.0. The van der Waals surface area contributed by atoms with Crippen molar-refractivity contribution in [1.82, 2.24) is 9.78 Å². The summed E-state index contributed by atoms with van der Waals surface area (Å²) in [5.74, 6) is -0.406. The van der Waals surface area contributed by atoms with E-state index in [0.717, 1.165) is 30.5 Å². The molecule has 0 aliphatic heterocycles. The van der Waals surface area contributed by atoms with Gasteiger partial charge in [-0.1, -0.05) is 26.7 Å². The van der Waals surface area contributed by atoms with Gasteiger partial charge >= 0.3 is 5.97 Å². The Bertz CT molecular complexity index is 427. The van der Waals surface area contributed by atoms with Crippen LogP contribution < -0.4 is 0 Å². The first-order valence-electron chi connectivity index (χ1n) is 6.97. The smallest absolute Gasteiger partial charge is 0.359 e. The van der Waals surface area contributed by atoms with Crippen molar-refractivity contribution in [3.05, 3.63) is 17.0 Å². The highest BCUT2D eigenvalue weighted by Crippen LogP contribution is 2.26. The summed E-state index contributed by atoms with van der Waals surface area (Å²) >= 11 is 0. The third kappa shape index (κ3) is 3.56. The fourth-order valence-electron chi connectivity index (χ4n) is 2.27. The minimum Gasteiger partial charge on any atom is -0.461 e. The van der Waals surface area contributed by atoms with Gasteiger partial charge in [0.1, 0.15) is 0 Å². The van der Waals surface area contributed by atoms with Crippen molar-refractivity contribution in [1.29, 1.82) is 0 Å². The lowest BCUT2D eigenvalue weighted by Gasteiger charge is -2.12.